The predicted octanol–water partition coefficient (Wildman–Crippen LogP) is 6.44. The number of allylic oxidation sites excluding steroid dienone is 4. The first kappa shape index (κ1) is 66.5. The van der Waals surface area contributed by atoms with Crippen molar-refractivity contribution in [3.63, 3.8) is 0 Å². The molecule has 6 unspecified atom stereocenters. The zero-order valence-electron chi connectivity index (χ0n) is 32.6. The van der Waals surface area contributed by atoms with Crippen LogP contribution in [-0.4, -0.2) is 98.4 Å². The molecular weight excluding hydrogens is 749 g/mol. The van der Waals surface area contributed by atoms with Crippen LogP contribution in [0.15, 0.2) is 23.3 Å². The summed E-state index contributed by atoms with van der Waals surface area (Å²) in [4.78, 5) is 56.2. The lowest BCUT2D eigenvalue weighted by atomic mass is 10.0. The van der Waals surface area contributed by atoms with Crippen molar-refractivity contribution in [1.82, 2.24) is 0 Å². The van der Waals surface area contributed by atoms with Gasteiger partial charge in [-0.1, -0.05) is 103 Å². The van der Waals surface area contributed by atoms with Crippen molar-refractivity contribution in [2.24, 2.45) is 11.8 Å². The summed E-state index contributed by atoms with van der Waals surface area (Å²) >= 11 is 0. The molecule has 0 spiro atoms. The number of rotatable bonds is 18. The van der Waals surface area contributed by atoms with Crippen LogP contribution in [0.5, 0.6) is 0 Å². The molecule has 0 heterocycles. The summed E-state index contributed by atoms with van der Waals surface area (Å²) in [6.07, 6.45) is 18.4. The Morgan fingerprint density at radius 2 is 1.19 bits per heavy atom. The van der Waals surface area contributed by atoms with Crippen LogP contribution in [0, 0.1) is 11.8 Å². The van der Waals surface area contributed by atoms with Crippen molar-refractivity contribution in [3.8, 4) is 0 Å². The van der Waals surface area contributed by atoms with Gasteiger partial charge in [0.25, 0.3) is 18.1 Å². The molecule has 0 aliphatic rings. The van der Waals surface area contributed by atoms with E-state index < -0.39 is 37.0 Å². The van der Waals surface area contributed by atoms with Gasteiger partial charge in [-0.3, -0.25) is 9.59 Å². The molecule has 6 atom stereocenters. The number of aldehydes is 4. The highest BCUT2D eigenvalue weighted by Gasteiger charge is 2.01. The summed E-state index contributed by atoms with van der Waals surface area (Å²) in [5.41, 5.74) is 1.75. The fourth-order valence-corrected chi connectivity index (χ4v) is 2.33. The highest BCUT2D eigenvalue weighted by atomic mass is 31.3. The predicted molar refractivity (Wildman–Crippen MR) is 233 cm³/mol. The van der Waals surface area contributed by atoms with Gasteiger partial charge in [-0.15, -0.1) is 16.3 Å². The maximum atomic E-state index is 10.2. The monoisotopic (exact) mass is 824 g/mol. The largest absolute Gasteiger partial charge is 0.434 e. The molecule has 0 radical (unpaired) electrons. The number of carbonyl (C=O) groups is 4. The van der Waals surface area contributed by atoms with Gasteiger partial charge in [0.15, 0.2) is 18.9 Å². The van der Waals surface area contributed by atoms with Crippen molar-refractivity contribution in [2.75, 3.05) is 26.7 Å². The first-order chi connectivity index (χ1) is 23.0. The van der Waals surface area contributed by atoms with Gasteiger partial charge in [-0.05, 0) is 83.3 Å². The first-order valence-corrected chi connectivity index (χ1v) is 33.4. The Kier molecular flexibility index (Phi) is 107. The Balaban J connectivity index is -0.0000000650. The van der Waals surface area contributed by atoms with E-state index >= 15 is 0 Å². The summed E-state index contributed by atoms with van der Waals surface area (Å²) in [6, 6.07) is 0. The fourth-order valence-electron chi connectivity index (χ4n) is 2.33. The molecule has 0 aliphatic carbocycles. The number of hydrogen-bond acceptors (Lipinski definition) is 8. The van der Waals surface area contributed by atoms with Gasteiger partial charge in [0.05, 0.1) is 0 Å². The van der Waals surface area contributed by atoms with Crippen LogP contribution in [0.2, 0.25) is 0 Å². The molecule has 2 N–H and O–H groups in total. The summed E-state index contributed by atoms with van der Waals surface area (Å²) in [5, 5.41) is 0. The Hall–Kier alpha value is 0.268. The Bertz CT molecular complexity index is 679. The van der Waals surface area contributed by atoms with E-state index in [0.29, 0.717) is 22.2 Å². The van der Waals surface area contributed by atoms with E-state index in [0.717, 1.165) is 104 Å². The zero-order valence-corrected chi connectivity index (χ0v) is 41.7. The van der Waals surface area contributed by atoms with Gasteiger partial charge in [-0.2, -0.15) is 0 Å². The van der Waals surface area contributed by atoms with Crippen molar-refractivity contribution in [3.05, 3.63) is 23.3 Å². The molecule has 0 aromatic heterocycles. The number of carbonyl (C=O) groups excluding carboxylic acids is 4. The summed E-state index contributed by atoms with van der Waals surface area (Å²) in [6.45, 7) is 24.1. The van der Waals surface area contributed by atoms with E-state index in [4.69, 9.17) is 9.59 Å². The lowest BCUT2D eigenvalue weighted by Crippen LogP contribution is -1.98. The molecular formula is C32H76O8P4Si4. The molecule has 8 nitrogen and oxygen atoms in total. The summed E-state index contributed by atoms with van der Waals surface area (Å²) < 4.78 is 18.8. The minimum atomic E-state index is -0.548. The third-order valence-corrected chi connectivity index (χ3v) is 9.56. The van der Waals surface area contributed by atoms with Crippen molar-refractivity contribution >= 4 is 94.7 Å². The van der Waals surface area contributed by atoms with E-state index in [2.05, 4.69) is 27.7 Å². The molecule has 288 valence electrons. The van der Waals surface area contributed by atoms with Gasteiger partial charge in [-0.25, -0.2) is 0 Å². The number of hydrogen-bond donors (Lipinski definition) is 2. The lowest BCUT2D eigenvalue weighted by molar-refractivity contribution is -0.111. The molecule has 0 bridgehead atoms. The normalized spacial score (nSPS) is 12.0. The van der Waals surface area contributed by atoms with Crippen LogP contribution >= 0.6 is 32.5 Å². The van der Waals surface area contributed by atoms with Crippen LogP contribution in [-0.2, 0) is 28.1 Å². The second-order valence-corrected chi connectivity index (χ2v) is 24.4. The van der Waals surface area contributed by atoms with Crippen molar-refractivity contribution in [1.29, 1.82) is 0 Å². The van der Waals surface area contributed by atoms with Crippen molar-refractivity contribution in [2.45, 2.75) is 120 Å². The Labute approximate surface area is 312 Å². The van der Waals surface area contributed by atoms with Crippen LogP contribution in [0.4, 0.5) is 0 Å². The second-order valence-electron chi connectivity index (χ2n) is 9.70. The van der Waals surface area contributed by atoms with E-state index in [-0.39, 0.29) is 5.92 Å². The third-order valence-electron chi connectivity index (χ3n) is 5.14. The molecule has 0 saturated heterocycles. The highest BCUT2D eigenvalue weighted by molar-refractivity contribution is 7.69. The van der Waals surface area contributed by atoms with E-state index in [1.807, 2.05) is 59.6 Å². The molecule has 0 aromatic rings. The maximum Gasteiger partial charge on any atom is 0.285 e. The molecule has 0 amide bonds. The minimum absolute atomic E-state index is 0.269. The lowest BCUT2D eigenvalue weighted by Gasteiger charge is -2.03. The van der Waals surface area contributed by atoms with Gasteiger partial charge in [0, 0.05) is 11.8 Å². The second kappa shape index (κ2) is 76.9. The maximum absolute atomic E-state index is 10.2. The molecule has 16 heteroatoms. The summed E-state index contributed by atoms with van der Waals surface area (Å²) in [5.74, 6) is 0.593. The fraction of sp³-hybridized carbons (Fsp3) is 0.750. The number of unbranched alkanes of at least 4 members (excludes halogenated alkanes) is 2. The van der Waals surface area contributed by atoms with Gasteiger partial charge in [0.2, 0.25) is 0 Å². The molecule has 48 heavy (non-hydrogen) atoms. The quantitative estimate of drug-likeness (QED) is 0.0697. The van der Waals surface area contributed by atoms with Gasteiger partial charge < -0.3 is 28.1 Å². The Morgan fingerprint density at radius 3 is 1.35 bits per heavy atom. The van der Waals surface area contributed by atoms with E-state index in [1.54, 1.807) is 6.92 Å². The van der Waals surface area contributed by atoms with Gasteiger partial charge >= 0.3 is 0 Å². The molecule has 0 aromatic carbocycles. The Morgan fingerprint density at radius 1 is 0.729 bits per heavy atom. The van der Waals surface area contributed by atoms with Crippen LogP contribution < -0.4 is 0 Å². The molecule has 0 fully saturated rings. The SMILES string of the molecule is CC/C=C(\C)C=O.CCC/C=C(/C=O)CC.CCCC(C)C=O.CCCCC(C=O)CC.CP[SiH2]O.CP[SiH2]O.CP[SiH]=O.CP[SiH]=O. The summed E-state index contributed by atoms with van der Waals surface area (Å²) in [7, 11) is 1.03. The smallest absolute Gasteiger partial charge is 0.285 e. The zero-order chi connectivity index (χ0) is 39.3. The molecule has 0 aliphatic heterocycles. The molecule has 0 rings (SSSR count). The average Bonchev–Trinajstić information content (AvgIpc) is 3.13. The van der Waals surface area contributed by atoms with E-state index in [1.165, 1.54) is 12.8 Å². The van der Waals surface area contributed by atoms with Crippen LogP contribution in [0.1, 0.15) is 120 Å². The third kappa shape index (κ3) is 103. The van der Waals surface area contributed by atoms with E-state index in [9.17, 15) is 28.1 Å². The highest BCUT2D eigenvalue weighted by Crippen LogP contribution is 2.08. The van der Waals surface area contributed by atoms with Crippen molar-refractivity contribution < 1.29 is 37.7 Å². The van der Waals surface area contributed by atoms with Crippen LogP contribution in [0.25, 0.3) is 0 Å². The standard InChI is InChI=1S/C8H16O.C8H14O.C6H12O.C6H10O.2CH7OPSi.2CH5OPSi/c2*1-3-5-6-8(4-2)7-9;2*1-3-4-6(2)5-7;4*1-3-4-2/h7-8H,3-6H2,1-2H3;6-7H,3-5H2,1-2H3;5-6H,3-4H2,1-2H3;4-5H,3H2,1-2H3;2*2-3H,4H2,1H3;2*3-4H,1H3/b;8-6+;;6-4+;;;;. The first-order valence-electron chi connectivity index (χ1n) is 16.9. The molecule has 0 saturated carbocycles. The minimum Gasteiger partial charge on any atom is -0.434 e. The van der Waals surface area contributed by atoms with Gasteiger partial charge in [0.1, 0.15) is 25.1 Å². The average molecular weight is 825 g/mol. The topological polar surface area (TPSA) is 143 Å². The van der Waals surface area contributed by atoms with Crippen LogP contribution in [0.3, 0.4) is 0 Å².